The molecular weight excluding hydrogens is 266 g/mol. The number of rotatable bonds is 1. The minimum absolute atomic E-state index is 0.552. The van der Waals surface area contributed by atoms with Crippen LogP contribution in [-0.4, -0.2) is 17.1 Å². The number of piperidine rings is 1. The molecule has 2 rings (SSSR count). The summed E-state index contributed by atoms with van der Waals surface area (Å²) in [6, 6.07) is 3.03. The first-order chi connectivity index (χ1) is 7.59. The first kappa shape index (κ1) is 11.7. The van der Waals surface area contributed by atoms with Crippen LogP contribution in [0.4, 0.5) is 11.5 Å². The molecule has 1 aliphatic heterocycles. The molecule has 2 unspecified atom stereocenters. The fourth-order valence-electron chi connectivity index (χ4n) is 2.47. The van der Waals surface area contributed by atoms with Crippen molar-refractivity contribution < 1.29 is 0 Å². The van der Waals surface area contributed by atoms with Crippen molar-refractivity contribution in [3.05, 3.63) is 16.7 Å². The summed E-state index contributed by atoms with van der Waals surface area (Å²) >= 11 is 3.55. The van der Waals surface area contributed by atoms with Gasteiger partial charge in [-0.15, -0.1) is 0 Å². The molecule has 0 aromatic carbocycles. The number of nitrogens with two attached hydrogens (primary N) is 1. The SMILES string of the molecule is CC1CCCC(C)N1c1ncc(N)cc1Br. The highest BCUT2D eigenvalue weighted by molar-refractivity contribution is 9.10. The highest BCUT2D eigenvalue weighted by Crippen LogP contribution is 2.33. The van der Waals surface area contributed by atoms with Gasteiger partial charge in [0.05, 0.1) is 16.4 Å². The third-order valence-corrected chi connectivity index (χ3v) is 3.86. The Morgan fingerprint density at radius 1 is 1.38 bits per heavy atom. The predicted molar refractivity (Wildman–Crippen MR) is 71.6 cm³/mol. The van der Waals surface area contributed by atoms with Gasteiger partial charge in [-0.2, -0.15) is 0 Å². The number of nitrogens with zero attached hydrogens (tertiary/aromatic N) is 2. The van der Waals surface area contributed by atoms with Crippen molar-refractivity contribution >= 4 is 27.4 Å². The van der Waals surface area contributed by atoms with E-state index in [0.717, 1.165) is 10.3 Å². The molecule has 1 aromatic rings. The van der Waals surface area contributed by atoms with Gasteiger partial charge in [0, 0.05) is 12.1 Å². The lowest BCUT2D eigenvalue weighted by Crippen LogP contribution is -2.44. The summed E-state index contributed by atoms with van der Waals surface area (Å²) in [5.74, 6) is 1.02. The van der Waals surface area contributed by atoms with Crippen molar-refractivity contribution in [1.82, 2.24) is 4.98 Å². The van der Waals surface area contributed by atoms with E-state index in [9.17, 15) is 0 Å². The van der Waals surface area contributed by atoms with Gasteiger partial charge in [-0.25, -0.2) is 4.98 Å². The summed E-state index contributed by atoms with van der Waals surface area (Å²) < 4.78 is 0.994. The molecule has 1 aromatic heterocycles. The molecule has 4 heteroatoms. The van der Waals surface area contributed by atoms with Crippen LogP contribution in [0.1, 0.15) is 33.1 Å². The van der Waals surface area contributed by atoms with Crippen LogP contribution in [0, 0.1) is 0 Å². The zero-order chi connectivity index (χ0) is 11.7. The quantitative estimate of drug-likeness (QED) is 0.861. The highest BCUT2D eigenvalue weighted by Gasteiger charge is 2.27. The lowest BCUT2D eigenvalue weighted by molar-refractivity contribution is 0.410. The molecule has 3 nitrogen and oxygen atoms in total. The van der Waals surface area contributed by atoms with E-state index in [1.165, 1.54) is 19.3 Å². The van der Waals surface area contributed by atoms with Crippen LogP contribution in [0.2, 0.25) is 0 Å². The summed E-state index contributed by atoms with van der Waals surface area (Å²) in [7, 11) is 0. The summed E-state index contributed by atoms with van der Waals surface area (Å²) in [6.07, 6.45) is 5.52. The molecule has 0 bridgehead atoms. The second-order valence-electron chi connectivity index (χ2n) is 4.61. The van der Waals surface area contributed by atoms with Gasteiger partial charge in [0.2, 0.25) is 0 Å². The molecule has 1 fully saturated rings. The van der Waals surface area contributed by atoms with Gasteiger partial charge in [0.15, 0.2) is 0 Å². The average Bonchev–Trinajstić information content (AvgIpc) is 2.20. The number of pyridine rings is 1. The third-order valence-electron chi connectivity index (χ3n) is 3.28. The maximum atomic E-state index is 5.72. The van der Waals surface area contributed by atoms with Crippen LogP contribution >= 0.6 is 15.9 Å². The van der Waals surface area contributed by atoms with E-state index in [-0.39, 0.29) is 0 Å². The minimum atomic E-state index is 0.552. The molecule has 0 amide bonds. The lowest BCUT2D eigenvalue weighted by Gasteiger charge is -2.40. The van der Waals surface area contributed by atoms with Crippen LogP contribution in [0.15, 0.2) is 16.7 Å². The number of nitrogen functional groups attached to an aromatic ring is 1. The van der Waals surface area contributed by atoms with E-state index in [2.05, 4.69) is 39.7 Å². The molecule has 2 atom stereocenters. The summed E-state index contributed by atoms with van der Waals surface area (Å²) in [4.78, 5) is 6.85. The van der Waals surface area contributed by atoms with Crippen molar-refractivity contribution in [3.8, 4) is 0 Å². The third kappa shape index (κ3) is 2.17. The largest absolute Gasteiger partial charge is 0.397 e. The monoisotopic (exact) mass is 283 g/mol. The molecule has 1 aliphatic rings. The molecule has 1 saturated heterocycles. The van der Waals surface area contributed by atoms with Crippen LogP contribution in [0.5, 0.6) is 0 Å². The Morgan fingerprint density at radius 3 is 2.56 bits per heavy atom. The molecule has 88 valence electrons. The number of halogens is 1. The van der Waals surface area contributed by atoms with Crippen molar-refractivity contribution in [2.24, 2.45) is 0 Å². The van der Waals surface area contributed by atoms with Gasteiger partial charge in [0.25, 0.3) is 0 Å². The van der Waals surface area contributed by atoms with E-state index in [1.807, 2.05) is 6.07 Å². The fraction of sp³-hybridized carbons (Fsp3) is 0.583. The molecule has 0 spiro atoms. The second-order valence-corrected chi connectivity index (χ2v) is 5.46. The van der Waals surface area contributed by atoms with Crippen molar-refractivity contribution in [2.75, 3.05) is 10.6 Å². The fourth-order valence-corrected chi connectivity index (χ4v) is 3.05. The first-order valence-corrected chi connectivity index (χ1v) is 6.58. The van der Waals surface area contributed by atoms with Gasteiger partial charge >= 0.3 is 0 Å². The minimum Gasteiger partial charge on any atom is -0.397 e. The number of anilines is 2. The normalized spacial score (nSPS) is 25.8. The number of aromatic nitrogens is 1. The summed E-state index contributed by atoms with van der Waals surface area (Å²) in [5, 5.41) is 0. The van der Waals surface area contributed by atoms with Crippen molar-refractivity contribution in [1.29, 1.82) is 0 Å². The zero-order valence-electron chi connectivity index (χ0n) is 9.78. The molecule has 0 saturated carbocycles. The molecule has 2 heterocycles. The Bertz CT molecular complexity index is 371. The van der Waals surface area contributed by atoms with Crippen LogP contribution < -0.4 is 10.6 Å². The second kappa shape index (κ2) is 4.62. The van der Waals surface area contributed by atoms with Gasteiger partial charge < -0.3 is 10.6 Å². The maximum Gasteiger partial charge on any atom is 0.143 e. The average molecular weight is 284 g/mol. The molecule has 2 N–H and O–H groups in total. The summed E-state index contributed by atoms with van der Waals surface area (Å²) in [5.41, 5.74) is 6.42. The number of hydrogen-bond donors (Lipinski definition) is 1. The topological polar surface area (TPSA) is 42.2 Å². The van der Waals surface area contributed by atoms with Crippen LogP contribution in [0.25, 0.3) is 0 Å². The van der Waals surface area contributed by atoms with E-state index >= 15 is 0 Å². The predicted octanol–water partition coefficient (Wildman–Crippen LogP) is 3.19. The van der Waals surface area contributed by atoms with Crippen LogP contribution in [-0.2, 0) is 0 Å². The van der Waals surface area contributed by atoms with E-state index in [1.54, 1.807) is 6.20 Å². The van der Waals surface area contributed by atoms with E-state index in [0.29, 0.717) is 17.8 Å². The Kier molecular flexibility index (Phi) is 3.38. The van der Waals surface area contributed by atoms with E-state index in [4.69, 9.17) is 5.73 Å². The smallest absolute Gasteiger partial charge is 0.143 e. The Labute approximate surface area is 105 Å². The maximum absolute atomic E-state index is 5.72. The molecule has 0 aliphatic carbocycles. The standard InChI is InChI=1S/C12H18BrN3/c1-8-4-3-5-9(2)16(8)12-11(13)6-10(14)7-15-12/h6-9H,3-5,14H2,1-2H3. The van der Waals surface area contributed by atoms with Gasteiger partial charge in [-0.3, -0.25) is 0 Å². The lowest BCUT2D eigenvalue weighted by atomic mass is 9.97. The molecule has 0 radical (unpaired) electrons. The van der Waals surface area contributed by atoms with E-state index < -0.39 is 0 Å². The van der Waals surface area contributed by atoms with Crippen LogP contribution in [0.3, 0.4) is 0 Å². The van der Waals surface area contributed by atoms with Gasteiger partial charge in [-0.05, 0) is 55.1 Å². The van der Waals surface area contributed by atoms with Crippen molar-refractivity contribution in [2.45, 2.75) is 45.2 Å². The Morgan fingerprint density at radius 2 is 2.00 bits per heavy atom. The Balaban J connectivity index is 2.34. The van der Waals surface area contributed by atoms with Gasteiger partial charge in [-0.1, -0.05) is 0 Å². The zero-order valence-corrected chi connectivity index (χ0v) is 11.4. The van der Waals surface area contributed by atoms with Gasteiger partial charge in [0.1, 0.15) is 5.82 Å². The number of hydrogen-bond acceptors (Lipinski definition) is 3. The first-order valence-electron chi connectivity index (χ1n) is 5.79. The summed E-state index contributed by atoms with van der Waals surface area (Å²) in [6.45, 7) is 4.53. The Hall–Kier alpha value is -0.770. The van der Waals surface area contributed by atoms with Crippen molar-refractivity contribution in [3.63, 3.8) is 0 Å². The molecule has 16 heavy (non-hydrogen) atoms. The highest BCUT2D eigenvalue weighted by atomic mass is 79.9. The molecular formula is C12H18BrN3.